The first kappa shape index (κ1) is 13.0. The highest BCUT2D eigenvalue weighted by molar-refractivity contribution is 7.15. The van der Waals surface area contributed by atoms with Crippen LogP contribution in [0.25, 0.3) is 21.5 Å². The van der Waals surface area contributed by atoms with Gasteiger partial charge in [0.05, 0.1) is 11.3 Å². The molecule has 0 amide bonds. The Morgan fingerprint density at radius 2 is 2.19 bits per heavy atom. The molecule has 0 aliphatic heterocycles. The van der Waals surface area contributed by atoms with Crippen molar-refractivity contribution in [2.24, 2.45) is 0 Å². The van der Waals surface area contributed by atoms with Crippen LogP contribution in [0.2, 0.25) is 0 Å². The second-order valence-electron chi connectivity index (χ2n) is 5.53. The fraction of sp³-hybridized carbons (Fsp3) is 0.353. The Morgan fingerprint density at radius 3 is 3.00 bits per heavy atom. The number of rotatable bonds is 5. The van der Waals surface area contributed by atoms with Gasteiger partial charge in [-0.3, -0.25) is 0 Å². The monoisotopic (exact) mass is 298 g/mol. The van der Waals surface area contributed by atoms with Gasteiger partial charge in [-0.1, -0.05) is 25.1 Å². The molecule has 0 atom stereocenters. The maximum Gasteiger partial charge on any atom is 0.134 e. The van der Waals surface area contributed by atoms with Crippen LogP contribution in [0, 0.1) is 0 Å². The first-order chi connectivity index (χ1) is 10.4. The molecule has 4 rings (SSSR count). The number of hydrogen-bond donors (Lipinski definition) is 1. The van der Waals surface area contributed by atoms with Crippen LogP contribution in [0.4, 0.5) is 0 Å². The van der Waals surface area contributed by atoms with Crippen LogP contribution >= 0.6 is 11.3 Å². The van der Waals surface area contributed by atoms with E-state index in [2.05, 4.69) is 24.4 Å². The quantitative estimate of drug-likeness (QED) is 0.751. The van der Waals surface area contributed by atoms with Gasteiger partial charge in [0.1, 0.15) is 16.9 Å². The van der Waals surface area contributed by atoms with Crippen molar-refractivity contribution in [2.45, 2.75) is 32.2 Å². The van der Waals surface area contributed by atoms with Crippen LogP contribution in [0.15, 0.2) is 34.9 Å². The molecule has 1 saturated carbocycles. The molecule has 1 fully saturated rings. The minimum atomic E-state index is 0.682. The van der Waals surface area contributed by atoms with Crippen LogP contribution < -0.4 is 5.32 Å². The molecule has 0 spiro atoms. The van der Waals surface area contributed by atoms with Gasteiger partial charge in [0, 0.05) is 22.7 Å². The molecule has 3 nitrogen and oxygen atoms in total. The van der Waals surface area contributed by atoms with Gasteiger partial charge in [0.15, 0.2) is 0 Å². The summed E-state index contributed by atoms with van der Waals surface area (Å²) < 4.78 is 5.66. The van der Waals surface area contributed by atoms with Crippen molar-refractivity contribution in [1.82, 2.24) is 10.3 Å². The van der Waals surface area contributed by atoms with E-state index >= 15 is 0 Å². The summed E-state index contributed by atoms with van der Waals surface area (Å²) in [6.45, 7) is 4.06. The summed E-state index contributed by atoms with van der Waals surface area (Å²) in [5.41, 5.74) is 3.37. The third-order valence-electron chi connectivity index (χ3n) is 3.94. The van der Waals surface area contributed by atoms with Gasteiger partial charge in [0.2, 0.25) is 0 Å². The molecule has 2 heterocycles. The standard InChI is InChI=1S/C17H18N2OS/c1-2-18-9-15-16(11-7-8-11)19-17(21-15)13-10-20-14-6-4-3-5-12(13)14/h3-6,10-11,18H,2,7-9H2,1H3. The molecular formula is C17H18N2OS. The number of nitrogens with zero attached hydrogens (tertiary/aromatic N) is 1. The molecule has 0 unspecified atom stereocenters. The fourth-order valence-corrected chi connectivity index (χ4v) is 3.80. The molecule has 1 aliphatic carbocycles. The molecule has 3 aromatic rings. The van der Waals surface area contributed by atoms with Gasteiger partial charge in [-0.15, -0.1) is 11.3 Å². The zero-order valence-electron chi connectivity index (χ0n) is 12.1. The number of para-hydroxylation sites is 1. The van der Waals surface area contributed by atoms with Crippen LogP contribution in [0.3, 0.4) is 0 Å². The molecule has 2 aromatic heterocycles. The third-order valence-corrected chi connectivity index (χ3v) is 5.04. The highest BCUT2D eigenvalue weighted by atomic mass is 32.1. The van der Waals surface area contributed by atoms with Crippen molar-refractivity contribution in [3.05, 3.63) is 41.1 Å². The Balaban J connectivity index is 1.77. The lowest BCUT2D eigenvalue weighted by Gasteiger charge is -2.00. The van der Waals surface area contributed by atoms with Crippen molar-refractivity contribution in [2.75, 3.05) is 6.54 Å². The van der Waals surface area contributed by atoms with Crippen molar-refractivity contribution < 1.29 is 4.42 Å². The van der Waals surface area contributed by atoms with Gasteiger partial charge < -0.3 is 9.73 Å². The Morgan fingerprint density at radius 1 is 1.33 bits per heavy atom. The number of nitrogens with one attached hydrogen (secondary N) is 1. The van der Waals surface area contributed by atoms with Gasteiger partial charge in [-0.2, -0.15) is 0 Å². The topological polar surface area (TPSA) is 38.1 Å². The number of thiazole rings is 1. The molecule has 21 heavy (non-hydrogen) atoms. The number of furan rings is 1. The molecular weight excluding hydrogens is 280 g/mol. The zero-order valence-corrected chi connectivity index (χ0v) is 12.9. The minimum Gasteiger partial charge on any atom is -0.464 e. The molecule has 0 bridgehead atoms. The second kappa shape index (κ2) is 5.28. The second-order valence-corrected chi connectivity index (χ2v) is 6.61. The van der Waals surface area contributed by atoms with E-state index in [1.165, 1.54) is 23.4 Å². The van der Waals surface area contributed by atoms with Gasteiger partial charge >= 0.3 is 0 Å². The number of benzene rings is 1. The molecule has 0 radical (unpaired) electrons. The lowest BCUT2D eigenvalue weighted by atomic mass is 10.2. The Labute approximate surface area is 128 Å². The Bertz CT molecular complexity index is 770. The zero-order chi connectivity index (χ0) is 14.2. The highest BCUT2D eigenvalue weighted by Gasteiger charge is 2.30. The normalized spacial score (nSPS) is 14.9. The summed E-state index contributed by atoms with van der Waals surface area (Å²) in [6.07, 6.45) is 4.42. The van der Waals surface area contributed by atoms with E-state index in [0.717, 1.165) is 34.6 Å². The van der Waals surface area contributed by atoms with Crippen LogP contribution in [-0.2, 0) is 6.54 Å². The maximum absolute atomic E-state index is 5.66. The molecule has 0 saturated heterocycles. The van der Waals surface area contributed by atoms with E-state index in [1.54, 1.807) is 11.3 Å². The summed E-state index contributed by atoms with van der Waals surface area (Å²) in [4.78, 5) is 6.32. The summed E-state index contributed by atoms with van der Waals surface area (Å²) in [5, 5.41) is 5.68. The van der Waals surface area contributed by atoms with E-state index in [0.29, 0.717) is 5.92 Å². The van der Waals surface area contributed by atoms with Gasteiger partial charge in [0.25, 0.3) is 0 Å². The smallest absolute Gasteiger partial charge is 0.134 e. The molecule has 1 N–H and O–H groups in total. The fourth-order valence-electron chi connectivity index (χ4n) is 2.66. The predicted octanol–water partition coefficient (Wildman–Crippen LogP) is 4.54. The molecule has 1 aliphatic rings. The van der Waals surface area contributed by atoms with Crippen LogP contribution in [0.5, 0.6) is 0 Å². The van der Waals surface area contributed by atoms with Crippen molar-refractivity contribution in [3.63, 3.8) is 0 Å². The lowest BCUT2D eigenvalue weighted by molar-refractivity contribution is 0.617. The van der Waals surface area contributed by atoms with E-state index in [1.807, 2.05) is 18.4 Å². The number of aromatic nitrogens is 1. The maximum atomic E-state index is 5.66. The SMILES string of the molecule is CCNCc1sc(-c2coc3ccccc23)nc1C1CC1. The molecule has 108 valence electrons. The van der Waals surface area contributed by atoms with E-state index < -0.39 is 0 Å². The van der Waals surface area contributed by atoms with Crippen LogP contribution in [0.1, 0.15) is 36.3 Å². The Kier molecular flexibility index (Phi) is 3.28. The minimum absolute atomic E-state index is 0.682. The van der Waals surface area contributed by atoms with Gasteiger partial charge in [-0.25, -0.2) is 4.98 Å². The average Bonchev–Trinajstić information content (AvgIpc) is 3.13. The largest absolute Gasteiger partial charge is 0.464 e. The summed E-state index contributed by atoms with van der Waals surface area (Å²) in [7, 11) is 0. The van der Waals surface area contributed by atoms with E-state index in [-0.39, 0.29) is 0 Å². The first-order valence-electron chi connectivity index (χ1n) is 7.53. The number of hydrogen-bond acceptors (Lipinski definition) is 4. The average molecular weight is 298 g/mol. The molecule has 4 heteroatoms. The highest BCUT2D eigenvalue weighted by Crippen LogP contribution is 2.45. The van der Waals surface area contributed by atoms with Gasteiger partial charge in [-0.05, 0) is 25.5 Å². The summed E-state index contributed by atoms with van der Waals surface area (Å²) >= 11 is 1.81. The third kappa shape index (κ3) is 2.39. The van der Waals surface area contributed by atoms with Crippen molar-refractivity contribution in [3.8, 4) is 10.6 Å². The van der Waals surface area contributed by atoms with E-state index in [4.69, 9.17) is 9.40 Å². The van der Waals surface area contributed by atoms with Crippen molar-refractivity contribution >= 4 is 22.3 Å². The summed E-state index contributed by atoms with van der Waals surface area (Å²) in [6, 6.07) is 8.17. The molecule has 1 aromatic carbocycles. The first-order valence-corrected chi connectivity index (χ1v) is 8.35. The number of fused-ring (bicyclic) bond motifs is 1. The van der Waals surface area contributed by atoms with E-state index in [9.17, 15) is 0 Å². The predicted molar refractivity (Wildman–Crippen MR) is 86.7 cm³/mol. The van der Waals surface area contributed by atoms with Crippen LogP contribution in [-0.4, -0.2) is 11.5 Å². The lowest BCUT2D eigenvalue weighted by Crippen LogP contribution is -2.11. The Hall–Kier alpha value is -1.65. The summed E-state index contributed by atoms with van der Waals surface area (Å²) in [5.74, 6) is 0.682. The van der Waals surface area contributed by atoms with Crippen molar-refractivity contribution in [1.29, 1.82) is 0 Å².